The second-order valence-electron chi connectivity index (χ2n) is 7.40. The van der Waals surface area contributed by atoms with Gasteiger partial charge < -0.3 is 19.9 Å². The first kappa shape index (κ1) is 20.9. The summed E-state index contributed by atoms with van der Waals surface area (Å²) >= 11 is 0. The molecule has 1 aromatic heterocycles. The van der Waals surface area contributed by atoms with Crippen LogP contribution in [0.25, 0.3) is 0 Å². The molecular weight excluding hydrogens is 352 g/mol. The number of aromatic nitrogens is 1. The van der Waals surface area contributed by atoms with Crippen molar-refractivity contribution in [1.82, 2.24) is 20.1 Å². The van der Waals surface area contributed by atoms with Gasteiger partial charge in [-0.2, -0.15) is 0 Å². The van der Waals surface area contributed by atoms with Crippen LogP contribution < -0.4 is 10.2 Å². The number of hydrogen-bond donors (Lipinski definition) is 1. The molecule has 0 amide bonds. The van der Waals surface area contributed by atoms with Gasteiger partial charge in [-0.3, -0.25) is 4.90 Å². The summed E-state index contributed by atoms with van der Waals surface area (Å²) < 4.78 is 5.50. The molecule has 2 aliphatic heterocycles. The van der Waals surface area contributed by atoms with Gasteiger partial charge in [-0.25, -0.2) is 9.98 Å². The highest BCUT2D eigenvalue weighted by molar-refractivity contribution is 5.80. The van der Waals surface area contributed by atoms with E-state index in [4.69, 9.17) is 9.73 Å². The lowest BCUT2D eigenvalue weighted by atomic mass is 10.2. The Labute approximate surface area is 169 Å². The number of anilines is 1. The lowest BCUT2D eigenvalue weighted by Crippen LogP contribution is -2.46. The predicted octanol–water partition coefficient (Wildman–Crippen LogP) is 1.80. The van der Waals surface area contributed by atoms with Crippen LogP contribution in [0.2, 0.25) is 0 Å². The summed E-state index contributed by atoms with van der Waals surface area (Å²) in [7, 11) is 0. The molecule has 1 atom stereocenters. The minimum absolute atomic E-state index is 0.614. The molecule has 2 aliphatic rings. The Morgan fingerprint density at radius 1 is 1.21 bits per heavy atom. The molecule has 28 heavy (non-hydrogen) atoms. The number of morpholine rings is 1. The molecule has 3 heterocycles. The van der Waals surface area contributed by atoms with Crippen molar-refractivity contribution in [2.24, 2.45) is 4.99 Å². The lowest BCUT2D eigenvalue weighted by Gasteiger charge is -2.32. The average Bonchev–Trinajstić information content (AvgIpc) is 3.24. The molecule has 0 aromatic carbocycles. The number of pyridine rings is 1. The quantitative estimate of drug-likeness (QED) is 0.568. The van der Waals surface area contributed by atoms with Crippen LogP contribution in [0.15, 0.2) is 23.3 Å². The van der Waals surface area contributed by atoms with Gasteiger partial charge in [0, 0.05) is 58.1 Å². The SMILES string of the molecule is CCNC(=NCc1ccc(N(CC)CC)nc1)N1CCC(N2CCOCC2)C1. The highest BCUT2D eigenvalue weighted by Gasteiger charge is 2.30. The molecule has 7 heteroatoms. The zero-order chi connectivity index (χ0) is 19.8. The van der Waals surface area contributed by atoms with Crippen LogP contribution in [0.5, 0.6) is 0 Å². The van der Waals surface area contributed by atoms with Gasteiger partial charge in [-0.1, -0.05) is 6.07 Å². The van der Waals surface area contributed by atoms with Gasteiger partial charge in [-0.15, -0.1) is 0 Å². The van der Waals surface area contributed by atoms with Crippen molar-refractivity contribution in [1.29, 1.82) is 0 Å². The number of nitrogens with one attached hydrogen (secondary N) is 1. The Morgan fingerprint density at radius 3 is 2.64 bits per heavy atom. The van der Waals surface area contributed by atoms with Crippen molar-refractivity contribution in [2.45, 2.75) is 39.8 Å². The summed E-state index contributed by atoms with van der Waals surface area (Å²) in [5.41, 5.74) is 1.15. The van der Waals surface area contributed by atoms with Gasteiger partial charge in [0.2, 0.25) is 0 Å². The third kappa shape index (κ3) is 5.35. The first-order valence-electron chi connectivity index (χ1n) is 10.8. The zero-order valence-corrected chi connectivity index (χ0v) is 17.7. The van der Waals surface area contributed by atoms with Crippen molar-refractivity contribution >= 4 is 11.8 Å². The van der Waals surface area contributed by atoms with Crippen LogP contribution in [-0.2, 0) is 11.3 Å². The average molecular weight is 389 g/mol. The van der Waals surface area contributed by atoms with Crippen molar-refractivity contribution in [3.05, 3.63) is 23.9 Å². The molecule has 0 bridgehead atoms. The van der Waals surface area contributed by atoms with Gasteiger partial charge in [0.15, 0.2) is 5.96 Å². The molecule has 7 nitrogen and oxygen atoms in total. The van der Waals surface area contributed by atoms with Crippen molar-refractivity contribution in [3.8, 4) is 0 Å². The Hall–Kier alpha value is -1.86. The highest BCUT2D eigenvalue weighted by atomic mass is 16.5. The Morgan fingerprint density at radius 2 is 2.00 bits per heavy atom. The van der Waals surface area contributed by atoms with Crippen LogP contribution in [-0.4, -0.2) is 85.8 Å². The van der Waals surface area contributed by atoms with E-state index in [-0.39, 0.29) is 0 Å². The summed E-state index contributed by atoms with van der Waals surface area (Å²) in [6, 6.07) is 4.87. The molecule has 1 aromatic rings. The van der Waals surface area contributed by atoms with E-state index in [2.05, 4.69) is 57.9 Å². The highest BCUT2D eigenvalue weighted by Crippen LogP contribution is 2.17. The Balaban J connectivity index is 1.59. The molecule has 0 spiro atoms. The monoisotopic (exact) mass is 388 g/mol. The van der Waals surface area contributed by atoms with Crippen LogP contribution in [0, 0.1) is 0 Å². The molecule has 0 radical (unpaired) electrons. The standard InChI is InChI=1S/C21H36N6O/c1-4-22-21(27-10-9-19(17-27)26-11-13-28-14-12-26)24-16-18-7-8-20(23-15-18)25(5-2)6-3/h7-8,15,19H,4-6,9-14,16-17H2,1-3H3,(H,22,24). The van der Waals surface area contributed by atoms with E-state index < -0.39 is 0 Å². The minimum Gasteiger partial charge on any atom is -0.379 e. The number of aliphatic imine (C=N–C) groups is 1. The number of guanidine groups is 1. The van der Waals surface area contributed by atoms with E-state index >= 15 is 0 Å². The van der Waals surface area contributed by atoms with Crippen molar-refractivity contribution < 1.29 is 4.74 Å². The Kier molecular flexibility index (Phi) is 7.91. The summed E-state index contributed by atoms with van der Waals surface area (Å²) in [6.07, 6.45) is 3.16. The number of rotatable bonds is 7. The maximum absolute atomic E-state index is 5.50. The summed E-state index contributed by atoms with van der Waals surface area (Å²) in [6.45, 7) is 15.9. The number of hydrogen-bond acceptors (Lipinski definition) is 5. The van der Waals surface area contributed by atoms with Crippen molar-refractivity contribution in [3.63, 3.8) is 0 Å². The van der Waals surface area contributed by atoms with E-state index in [0.29, 0.717) is 12.6 Å². The largest absolute Gasteiger partial charge is 0.379 e. The van der Waals surface area contributed by atoms with Crippen LogP contribution in [0.3, 0.4) is 0 Å². The van der Waals surface area contributed by atoms with Gasteiger partial charge in [0.25, 0.3) is 0 Å². The number of nitrogens with zero attached hydrogens (tertiary/aromatic N) is 5. The molecule has 1 unspecified atom stereocenters. The summed E-state index contributed by atoms with van der Waals surface area (Å²) in [4.78, 5) is 16.7. The smallest absolute Gasteiger partial charge is 0.194 e. The van der Waals surface area contributed by atoms with E-state index in [1.54, 1.807) is 0 Å². The first-order chi connectivity index (χ1) is 13.7. The van der Waals surface area contributed by atoms with E-state index in [1.807, 2.05) is 6.20 Å². The molecule has 0 aliphatic carbocycles. The van der Waals surface area contributed by atoms with Crippen LogP contribution in [0.4, 0.5) is 5.82 Å². The second kappa shape index (κ2) is 10.6. The number of ether oxygens (including phenoxy) is 1. The topological polar surface area (TPSA) is 56.2 Å². The van der Waals surface area contributed by atoms with Crippen molar-refractivity contribution in [2.75, 3.05) is 63.9 Å². The Bertz CT molecular complexity index is 610. The fraction of sp³-hybridized carbons (Fsp3) is 0.714. The maximum Gasteiger partial charge on any atom is 0.194 e. The molecule has 1 N–H and O–H groups in total. The zero-order valence-electron chi connectivity index (χ0n) is 17.7. The fourth-order valence-corrected chi connectivity index (χ4v) is 4.01. The second-order valence-corrected chi connectivity index (χ2v) is 7.40. The van der Waals surface area contributed by atoms with Gasteiger partial charge >= 0.3 is 0 Å². The predicted molar refractivity (Wildman–Crippen MR) is 115 cm³/mol. The van der Waals surface area contributed by atoms with Gasteiger partial charge in [0.1, 0.15) is 5.82 Å². The third-order valence-electron chi connectivity index (χ3n) is 5.67. The molecule has 3 rings (SSSR count). The molecule has 0 saturated carbocycles. The van der Waals surface area contributed by atoms with Gasteiger partial charge in [-0.05, 0) is 38.8 Å². The first-order valence-corrected chi connectivity index (χ1v) is 10.8. The van der Waals surface area contributed by atoms with Crippen LogP contribution >= 0.6 is 0 Å². The van der Waals surface area contributed by atoms with Crippen LogP contribution in [0.1, 0.15) is 32.8 Å². The maximum atomic E-state index is 5.50. The number of likely N-dealkylation sites (tertiary alicyclic amines) is 1. The summed E-state index contributed by atoms with van der Waals surface area (Å²) in [5, 5.41) is 3.47. The molecular formula is C21H36N6O. The lowest BCUT2D eigenvalue weighted by molar-refractivity contribution is 0.0195. The van der Waals surface area contributed by atoms with E-state index in [0.717, 1.165) is 76.4 Å². The third-order valence-corrected chi connectivity index (χ3v) is 5.67. The van der Waals surface area contributed by atoms with E-state index in [1.165, 1.54) is 6.42 Å². The molecule has 156 valence electrons. The van der Waals surface area contributed by atoms with Gasteiger partial charge in [0.05, 0.1) is 19.8 Å². The molecule has 2 fully saturated rings. The normalized spacial score (nSPS) is 21.2. The summed E-state index contributed by atoms with van der Waals surface area (Å²) in [5.74, 6) is 2.06. The van der Waals surface area contributed by atoms with E-state index in [9.17, 15) is 0 Å². The fourth-order valence-electron chi connectivity index (χ4n) is 4.01. The minimum atomic E-state index is 0.614. The molecule has 2 saturated heterocycles.